The molecular weight excluding hydrogens is 240 g/mol. The SMILES string of the molecule is C#CCCCNc1cc(C)c(Br)cn1. The maximum Gasteiger partial charge on any atom is 0.126 e. The summed E-state index contributed by atoms with van der Waals surface area (Å²) in [6.07, 6.45) is 8.74. The molecule has 0 saturated carbocycles. The number of aryl methyl sites for hydroxylation is 1. The van der Waals surface area contributed by atoms with Crippen molar-refractivity contribution in [2.45, 2.75) is 19.8 Å². The van der Waals surface area contributed by atoms with Gasteiger partial charge in [-0.2, -0.15) is 0 Å². The molecule has 1 N–H and O–H groups in total. The van der Waals surface area contributed by atoms with E-state index < -0.39 is 0 Å². The Bertz CT molecular complexity index is 342. The standard InChI is InChI=1S/C11H13BrN2/c1-3-4-5-6-13-11-7-9(2)10(12)8-14-11/h1,7-8H,4-6H2,2H3,(H,13,14). The molecule has 14 heavy (non-hydrogen) atoms. The molecule has 1 rings (SSSR count). The van der Waals surface area contributed by atoms with Gasteiger partial charge in [-0.05, 0) is 40.9 Å². The summed E-state index contributed by atoms with van der Waals surface area (Å²) in [4.78, 5) is 4.23. The van der Waals surface area contributed by atoms with Crippen molar-refractivity contribution in [1.82, 2.24) is 4.98 Å². The van der Waals surface area contributed by atoms with Gasteiger partial charge in [-0.25, -0.2) is 4.98 Å². The first-order valence-electron chi connectivity index (χ1n) is 4.53. The van der Waals surface area contributed by atoms with Crippen LogP contribution in [0.3, 0.4) is 0 Å². The van der Waals surface area contributed by atoms with Gasteiger partial charge in [0.2, 0.25) is 0 Å². The first kappa shape index (κ1) is 11.1. The maximum absolute atomic E-state index is 5.15. The third kappa shape index (κ3) is 3.39. The van der Waals surface area contributed by atoms with E-state index >= 15 is 0 Å². The second-order valence-electron chi connectivity index (χ2n) is 3.05. The van der Waals surface area contributed by atoms with Gasteiger partial charge in [0.1, 0.15) is 5.82 Å². The summed E-state index contributed by atoms with van der Waals surface area (Å²) in [6, 6.07) is 2.01. The summed E-state index contributed by atoms with van der Waals surface area (Å²) in [7, 11) is 0. The Kier molecular flexibility index (Phi) is 4.48. The van der Waals surface area contributed by atoms with Gasteiger partial charge in [0.25, 0.3) is 0 Å². The minimum absolute atomic E-state index is 0.808. The lowest BCUT2D eigenvalue weighted by Gasteiger charge is -2.05. The van der Waals surface area contributed by atoms with Crippen LogP contribution in [0.25, 0.3) is 0 Å². The van der Waals surface area contributed by atoms with Crippen LogP contribution >= 0.6 is 15.9 Å². The van der Waals surface area contributed by atoms with Crippen LogP contribution in [0.4, 0.5) is 5.82 Å². The van der Waals surface area contributed by atoms with Crippen molar-refractivity contribution in [3.05, 3.63) is 22.3 Å². The van der Waals surface area contributed by atoms with Crippen LogP contribution in [-0.2, 0) is 0 Å². The lowest BCUT2D eigenvalue weighted by Crippen LogP contribution is -2.03. The Hall–Kier alpha value is -1.01. The van der Waals surface area contributed by atoms with E-state index in [2.05, 4.69) is 32.2 Å². The zero-order valence-corrected chi connectivity index (χ0v) is 9.76. The topological polar surface area (TPSA) is 24.9 Å². The highest BCUT2D eigenvalue weighted by Crippen LogP contribution is 2.16. The average Bonchev–Trinajstić information content (AvgIpc) is 2.18. The molecule has 0 fully saturated rings. The number of aromatic nitrogens is 1. The molecule has 3 heteroatoms. The van der Waals surface area contributed by atoms with Crippen molar-refractivity contribution in [3.63, 3.8) is 0 Å². The molecule has 0 saturated heterocycles. The maximum atomic E-state index is 5.15. The molecule has 74 valence electrons. The Morgan fingerprint density at radius 3 is 3.07 bits per heavy atom. The van der Waals surface area contributed by atoms with Gasteiger partial charge >= 0.3 is 0 Å². The van der Waals surface area contributed by atoms with E-state index in [-0.39, 0.29) is 0 Å². The largest absolute Gasteiger partial charge is 0.370 e. The summed E-state index contributed by atoms with van der Waals surface area (Å²) in [5.74, 6) is 3.51. The van der Waals surface area contributed by atoms with E-state index in [9.17, 15) is 0 Å². The van der Waals surface area contributed by atoms with E-state index in [1.54, 1.807) is 6.20 Å². The second kappa shape index (κ2) is 5.66. The molecule has 0 spiro atoms. The van der Waals surface area contributed by atoms with Crippen LogP contribution in [0.5, 0.6) is 0 Å². The van der Waals surface area contributed by atoms with Gasteiger partial charge in [-0.15, -0.1) is 12.3 Å². The molecule has 0 radical (unpaired) electrons. The summed E-state index contributed by atoms with van der Waals surface area (Å²) in [5.41, 5.74) is 1.18. The Labute approximate surface area is 93.3 Å². The van der Waals surface area contributed by atoms with E-state index in [1.807, 2.05) is 13.0 Å². The molecule has 0 aliphatic carbocycles. The first-order chi connectivity index (χ1) is 6.74. The van der Waals surface area contributed by atoms with Crippen LogP contribution in [0.15, 0.2) is 16.7 Å². The first-order valence-corrected chi connectivity index (χ1v) is 5.33. The predicted molar refractivity (Wildman–Crippen MR) is 63.2 cm³/mol. The molecule has 1 aromatic heterocycles. The Morgan fingerprint density at radius 2 is 2.43 bits per heavy atom. The third-order valence-corrected chi connectivity index (χ3v) is 2.68. The number of unbranched alkanes of at least 4 members (excludes halogenated alkanes) is 1. The van der Waals surface area contributed by atoms with Crippen LogP contribution in [0.1, 0.15) is 18.4 Å². The zero-order chi connectivity index (χ0) is 10.4. The molecule has 0 bridgehead atoms. The van der Waals surface area contributed by atoms with Gasteiger partial charge in [0.05, 0.1) is 0 Å². The van der Waals surface area contributed by atoms with Gasteiger partial charge in [0.15, 0.2) is 0 Å². The molecule has 0 unspecified atom stereocenters. The highest BCUT2D eigenvalue weighted by Gasteiger charge is 1.97. The Morgan fingerprint density at radius 1 is 1.64 bits per heavy atom. The molecule has 0 atom stereocenters. The van der Waals surface area contributed by atoms with E-state index in [0.29, 0.717) is 0 Å². The molecule has 1 heterocycles. The molecule has 0 aliphatic heterocycles. The number of terminal acetylenes is 1. The monoisotopic (exact) mass is 252 g/mol. The lowest BCUT2D eigenvalue weighted by atomic mass is 10.3. The van der Waals surface area contributed by atoms with Crippen molar-refractivity contribution >= 4 is 21.7 Å². The highest BCUT2D eigenvalue weighted by molar-refractivity contribution is 9.10. The molecule has 0 aromatic carbocycles. The van der Waals surface area contributed by atoms with Crippen molar-refractivity contribution in [2.24, 2.45) is 0 Å². The average molecular weight is 253 g/mol. The van der Waals surface area contributed by atoms with E-state index in [1.165, 1.54) is 5.56 Å². The number of rotatable bonds is 4. The fourth-order valence-corrected chi connectivity index (χ4v) is 1.26. The van der Waals surface area contributed by atoms with E-state index in [0.717, 1.165) is 29.7 Å². The van der Waals surface area contributed by atoms with Crippen molar-refractivity contribution in [3.8, 4) is 12.3 Å². The number of nitrogens with zero attached hydrogens (tertiary/aromatic N) is 1. The minimum atomic E-state index is 0.808. The molecule has 0 amide bonds. The minimum Gasteiger partial charge on any atom is -0.370 e. The second-order valence-corrected chi connectivity index (χ2v) is 3.91. The predicted octanol–water partition coefficient (Wildman–Crippen LogP) is 2.98. The van der Waals surface area contributed by atoms with Gasteiger partial charge < -0.3 is 5.32 Å². The number of hydrogen-bond donors (Lipinski definition) is 1. The van der Waals surface area contributed by atoms with Gasteiger partial charge in [-0.1, -0.05) is 0 Å². The van der Waals surface area contributed by atoms with Crippen molar-refractivity contribution < 1.29 is 0 Å². The zero-order valence-electron chi connectivity index (χ0n) is 8.18. The van der Waals surface area contributed by atoms with Gasteiger partial charge in [0, 0.05) is 23.6 Å². The molecular formula is C11H13BrN2. The van der Waals surface area contributed by atoms with Crippen molar-refractivity contribution in [1.29, 1.82) is 0 Å². The van der Waals surface area contributed by atoms with Crippen LogP contribution in [0.2, 0.25) is 0 Å². The highest BCUT2D eigenvalue weighted by atomic mass is 79.9. The van der Waals surface area contributed by atoms with Gasteiger partial charge in [-0.3, -0.25) is 0 Å². The van der Waals surface area contributed by atoms with Crippen LogP contribution in [0, 0.1) is 19.3 Å². The fourth-order valence-electron chi connectivity index (χ4n) is 1.04. The lowest BCUT2D eigenvalue weighted by molar-refractivity contribution is 0.901. The number of nitrogens with one attached hydrogen (secondary N) is 1. The summed E-state index contributed by atoms with van der Waals surface area (Å²) >= 11 is 3.41. The number of pyridine rings is 1. The molecule has 2 nitrogen and oxygen atoms in total. The third-order valence-electron chi connectivity index (χ3n) is 1.85. The van der Waals surface area contributed by atoms with Crippen LogP contribution < -0.4 is 5.32 Å². The Balaban J connectivity index is 2.44. The molecule has 1 aromatic rings. The van der Waals surface area contributed by atoms with Crippen molar-refractivity contribution in [2.75, 3.05) is 11.9 Å². The summed E-state index contributed by atoms with van der Waals surface area (Å²) < 4.78 is 1.03. The smallest absolute Gasteiger partial charge is 0.126 e. The van der Waals surface area contributed by atoms with Crippen LogP contribution in [-0.4, -0.2) is 11.5 Å². The summed E-state index contributed by atoms with van der Waals surface area (Å²) in [6.45, 7) is 2.91. The fraction of sp³-hybridized carbons (Fsp3) is 0.364. The quantitative estimate of drug-likeness (QED) is 0.659. The summed E-state index contributed by atoms with van der Waals surface area (Å²) in [5, 5.41) is 3.22. The van der Waals surface area contributed by atoms with E-state index in [4.69, 9.17) is 6.42 Å². The normalized spacial score (nSPS) is 9.50. The number of halogens is 1. The number of anilines is 1. The number of hydrogen-bond acceptors (Lipinski definition) is 2. The molecule has 0 aliphatic rings.